The highest BCUT2D eigenvalue weighted by atomic mass is 16.6. The molecule has 2 heterocycles. The van der Waals surface area contributed by atoms with Gasteiger partial charge in [-0.3, -0.25) is 4.98 Å². The van der Waals surface area contributed by atoms with Gasteiger partial charge in [0.15, 0.2) is 0 Å². The lowest BCUT2D eigenvalue weighted by Gasteiger charge is -2.24. The third-order valence-corrected chi connectivity index (χ3v) is 3.30. The molecule has 0 radical (unpaired) electrons. The van der Waals surface area contributed by atoms with Crippen LogP contribution in [0.2, 0.25) is 0 Å². The van der Waals surface area contributed by atoms with Crippen LogP contribution < -0.4 is 0 Å². The minimum absolute atomic E-state index is 0.101. The zero-order valence-electron chi connectivity index (χ0n) is 12.5. The molecule has 110 valence electrons. The van der Waals surface area contributed by atoms with Crippen molar-refractivity contribution in [1.82, 2.24) is 9.88 Å². The first-order valence-corrected chi connectivity index (χ1v) is 6.85. The van der Waals surface area contributed by atoms with Gasteiger partial charge in [0, 0.05) is 24.4 Å². The van der Waals surface area contributed by atoms with Gasteiger partial charge in [-0.05, 0) is 39.3 Å². The molecule has 1 fully saturated rings. The molecular formula is C15H22N2O3. The number of likely N-dealkylation sites (tertiary alicyclic amines) is 1. The molecular weight excluding hydrogens is 256 g/mol. The molecule has 0 aromatic carbocycles. The third kappa shape index (κ3) is 3.48. The molecule has 1 aromatic rings. The first-order chi connectivity index (χ1) is 9.26. The molecule has 5 nitrogen and oxygen atoms in total. The number of carbonyl (C=O) groups excluding carboxylic acids is 1. The predicted molar refractivity (Wildman–Crippen MR) is 75.5 cm³/mol. The van der Waals surface area contributed by atoms with E-state index < -0.39 is 11.7 Å². The maximum absolute atomic E-state index is 12.0. The maximum Gasteiger partial charge on any atom is 0.410 e. The monoisotopic (exact) mass is 278 g/mol. The van der Waals surface area contributed by atoms with Gasteiger partial charge in [0.25, 0.3) is 0 Å². The van der Waals surface area contributed by atoms with Crippen molar-refractivity contribution in [2.75, 3.05) is 13.1 Å². The van der Waals surface area contributed by atoms with Crippen LogP contribution in [0.4, 0.5) is 4.79 Å². The van der Waals surface area contributed by atoms with Crippen molar-refractivity contribution in [2.24, 2.45) is 0 Å². The number of carbonyl (C=O) groups is 1. The fraction of sp³-hybridized carbons (Fsp3) is 0.600. The van der Waals surface area contributed by atoms with Gasteiger partial charge in [-0.2, -0.15) is 0 Å². The maximum atomic E-state index is 12.0. The molecule has 0 bridgehead atoms. The molecule has 1 aliphatic heterocycles. The molecule has 1 aliphatic rings. The first kappa shape index (κ1) is 14.8. The number of aliphatic hydroxyl groups is 1. The fourth-order valence-electron chi connectivity index (χ4n) is 2.29. The Kier molecular flexibility index (Phi) is 3.99. The largest absolute Gasteiger partial charge is 0.444 e. The molecule has 1 amide bonds. The van der Waals surface area contributed by atoms with Crippen LogP contribution in [-0.4, -0.2) is 45.9 Å². The van der Waals surface area contributed by atoms with E-state index in [1.165, 1.54) is 0 Å². The van der Waals surface area contributed by atoms with Gasteiger partial charge in [-0.1, -0.05) is 6.07 Å². The average Bonchev–Trinajstić information content (AvgIpc) is 2.70. The van der Waals surface area contributed by atoms with Gasteiger partial charge in [0.05, 0.1) is 12.6 Å². The number of aromatic nitrogens is 1. The van der Waals surface area contributed by atoms with Crippen molar-refractivity contribution in [2.45, 2.75) is 45.3 Å². The highest BCUT2D eigenvalue weighted by Gasteiger charge is 2.37. The van der Waals surface area contributed by atoms with E-state index in [-0.39, 0.29) is 12.0 Å². The smallest absolute Gasteiger partial charge is 0.410 e. The molecule has 1 N–H and O–H groups in total. The van der Waals surface area contributed by atoms with Crippen LogP contribution in [-0.2, 0) is 4.74 Å². The summed E-state index contributed by atoms with van der Waals surface area (Å²) in [6, 6.07) is 3.87. The van der Waals surface area contributed by atoms with Crippen LogP contribution in [0, 0.1) is 6.92 Å². The van der Waals surface area contributed by atoms with E-state index in [1.54, 1.807) is 11.1 Å². The number of aliphatic hydroxyl groups excluding tert-OH is 1. The number of amides is 1. The third-order valence-electron chi connectivity index (χ3n) is 3.30. The van der Waals surface area contributed by atoms with Gasteiger partial charge in [-0.15, -0.1) is 0 Å². The summed E-state index contributed by atoms with van der Waals surface area (Å²) in [7, 11) is 0. The summed E-state index contributed by atoms with van der Waals surface area (Å²) in [5.74, 6) is -0.101. The second-order valence-electron chi connectivity index (χ2n) is 6.29. The van der Waals surface area contributed by atoms with Crippen LogP contribution in [0.5, 0.6) is 0 Å². The fourth-order valence-corrected chi connectivity index (χ4v) is 2.29. The standard InChI is InChI=1S/C15H22N2O3/c1-10-5-6-11(7-16-10)12-8-17(9-13(12)18)14(19)20-15(2,3)4/h5-7,12-13,18H,8-9H2,1-4H3/t12-,13+/m0/s1. The van der Waals surface area contributed by atoms with Crippen molar-refractivity contribution in [3.63, 3.8) is 0 Å². The van der Waals surface area contributed by atoms with E-state index in [1.807, 2.05) is 39.8 Å². The van der Waals surface area contributed by atoms with Gasteiger partial charge in [0.1, 0.15) is 5.60 Å². The Bertz CT molecular complexity index is 479. The molecule has 0 aliphatic carbocycles. The lowest BCUT2D eigenvalue weighted by atomic mass is 9.98. The minimum Gasteiger partial charge on any atom is -0.444 e. The number of hydrogen-bond donors (Lipinski definition) is 1. The van der Waals surface area contributed by atoms with Crippen LogP contribution in [0.15, 0.2) is 18.3 Å². The zero-order chi connectivity index (χ0) is 14.9. The first-order valence-electron chi connectivity index (χ1n) is 6.85. The second kappa shape index (κ2) is 5.40. The Morgan fingerprint density at radius 2 is 2.10 bits per heavy atom. The molecule has 20 heavy (non-hydrogen) atoms. The minimum atomic E-state index is -0.577. The average molecular weight is 278 g/mol. The quantitative estimate of drug-likeness (QED) is 0.854. The zero-order valence-corrected chi connectivity index (χ0v) is 12.5. The number of aryl methyl sites for hydroxylation is 1. The van der Waals surface area contributed by atoms with E-state index >= 15 is 0 Å². The van der Waals surface area contributed by atoms with Crippen LogP contribution in [0.25, 0.3) is 0 Å². The lowest BCUT2D eigenvalue weighted by Crippen LogP contribution is -2.35. The molecule has 0 spiro atoms. The number of rotatable bonds is 1. The molecule has 5 heteroatoms. The Labute approximate surface area is 119 Å². The van der Waals surface area contributed by atoms with Crippen LogP contribution >= 0.6 is 0 Å². The van der Waals surface area contributed by atoms with E-state index in [2.05, 4.69) is 4.98 Å². The van der Waals surface area contributed by atoms with Crippen molar-refractivity contribution in [1.29, 1.82) is 0 Å². The highest BCUT2D eigenvalue weighted by Crippen LogP contribution is 2.28. The van der Waals surface area contributed by atoms with E-state index in [9.17, 15) is 9.90 Å². The predicted octanol–water partition coefficient (Wildman–Crippen LogP) is 2.09. The van der Waals surface area contributed by atoms with Crippen LogP contribution in [0.1, 0.15) is 37.9 Å². The van der Waals surface area contributed by atoms with Crippen molar-refractivity contribution in [3.05, 3.63) is 29.6 Å². The number of hydrogen-bond acceptors (Lipinski definition) is 4. The van der Waals surface area contributed by atoms with Crippen molar-refractivity contribution >= 4 is 6.09 Å². The summed E-state index contributed by atoms with van der Waals surface area (Å²) in [6.45, 7) is 8.17. The Morgan fingerprint density at radius 1 is 1.40 bits per heavy atom. The normalized spacial score (nSPS) is 22.9. The summed E-state index contributed by atoms with van der Waals surface area (Å²) in [5, 5.41) is 10.2. The number of ether oxygens (including phenoxy) is 1. The molecule has 2 rings (SSSR count). The summed E-state index contributed by atoms with van der Waals surface area (Å²) < 4.78 is 5.33. The number of nitrogens with zero attached hydrogens (tertiary/aromatic N) is 2. The second-order valence-corrected chi connectivity index (χ2v) is 6.29. The van der Waals surface area contributed by atoms with Gasteiger partial charge in [-0.25, -0.2) is 4.79 Å². The topological polar surface area (TPSA) is 62.7 Å². The van der Waals surface area contributed by atoms with Crippen molar-refractivity contribution < 1.29 is 14.6 Å². The van der Waals surface area contributed by atoms with E-state index in [0.29, 0.717) is 13.1 Å². The Morgan fingerprint density at radius 3 is 2.65 bits per heavy atom. The van der Waals surface area contributed by atoms with Crippen LogP contribution in [0.3, 0.4) is 0 Å². The lowest BCUT2D eigenvalue weighted by molar-refractivity contribution is 0.0270. The summed E-state index contributed by atoms with van der Waals surface area (Å²) in [5.41, 5.74) is 1.37. The Balaban J connectivity index is 2.05. The molecule has 0 saturated carbocycles. The summed E-state index contributed by atoms with van der Waals surface area (Å²) in [4.78, 5) is 17.8. The number of β-amino-alcohol motifs (C(OH)–C–C–N with tert-alkyl or cyclic N) is 1. The van der Waals surface area contributed by atoms with Gasteiger partial charge < -0.3 is 14.7 Å². The van der Waals surface area contributed by atoms with Gasteiger partial charge in [0.2, 0.25) is 0 Å². The summed E-state index contributed by atoms with van der Waals surface area (Å²) >= 11 is 0. The molecule has 0 unspecified atom stereocenters. The molecule has 1 aromatic heterocycles. The van der Waals surface area contributed by atoms with E-state index in [4.69, 9.17) is 4.74 Å². The van der Waals surface area contributed by atoms with Crippen molar-refractivity contribution in [3.8, 4) is 0 Å². The molecule has 1 saturated heterocycles. The Hall–Kier alpha value is -1.62. The van der Waals surface area contributed by atoms with Gasteiger partial charge >= 0.3 is 6.09 Å². The summed E-state index contributed by atoms with van der Waals surface area (Å²) in [6.07, 6.45) is 0.813. The number of pyridine rings is 1. The molecule has 2 atom stereocenters. The highest BCUT2D eigenvalue weighted by molar-refractivity contribution is 5.68. The van der Waals surface area contributed by atoms with E-state index in [0.717, 1.165) is 11.3 Å². The SMILES string of the molecule is Cc1ccc([C@@H]2CN(C(=O)OC(C)(C)C)C[C@H]2O)cn1.